The summed E-state index contributed by atoms with van der Waals surface area (Å²) in [7, 11) is -4.25. The Hall–Kier alpha value is -2.97. The first-order chi connectivity index (χ1) is 11.3. The van der Waals surface area contributed by atoms with Crippen molar-refractivity contribution in [2.75, 3.05) is 11.5 Å². The van der Waals surface area contributed by atoms with Crippen molar-refractivity contribution in [2.24, 2.45) is 10.2 Å². The van der Waals surface area contributed by atoms with Crippen LogP contribution < -0.4 is 11.5 Å². The molecule has 122 valence electrons. The molecule has 7 nitrogen and oxygen atoms in total. The standard InChI is InChI=1S/C16H14N4O3S/c17-11-4-7-16(14(18)9-11)20-19-15-3-1-2-10-8-12(24(21,22)23)5-6-13(10)15/h1-9H,17-18H2,(H,21,22,23). The SMILES string of the molecule is Nc1ccc(N=Nc2cccc3cc(S(=O)(=O)O)ccc23)c(N)c1. The first-order valence-corrected chi connectivity index (χ1v) is 8.35. The Morgan fingerprint density at radius 3 is 2.33 bits per heavy atom. The first-order valence-electron chi connectivity index (χ1n) is 6.91. The Labute approximate surface area is 138 Å². The molecule has 0 unspecified atom stereocenters. The lowest BCUT2D eigenvalue weighted by molar-refractivity contribution is 0.483. The fourth-order valence-electron chi connectivity index (χ4n) is 2.26. The van der Waals surface area contributed by atoms with E-state index in [0.717, 1.165) is 0 Å². The Kier molecular flexibility index (Phi) is 3.92. The average Bonchev–Trinajstić information content (AvgIpc) is 2.52. The van der Waals surface area contributed by atoms with Crippen molar-refractivity contribution in [2.45, 2.75) is 4.90 Å². The van der Waals surface area contributed by atoms with Gasteiger partial charge in [-0.05, 0) is 41.8 Å². The lowest BCUT2D eigenvalue weighted by Crippen LogP contribution is -1.97. The highest BCUT2D eigenvalue weighted by Gasteiger charge is 2.11. The molecule has 3 rings (SSSR count). The van der Waals surface area contributed by atoms with E-state index in [1.54, 1.807) is 42.5 Å². The van der Waals surface area contributed by atoms with Gasteiger partial charge in [0, 0.05) is 11.1 Å². The summed E-state index contributed by atoms with van der Waals surface area (Å²) in [6.07, 6.45) is 0. The molecule has 0 saturated heterocycles. The van der Waals surface area contributed by atoms with Gasteiger partial charge in [0.15, 0.2) is 0 Å². The number of azo groups is 1. The fraction of sp³-hybridized carbons (Fsp3) is 0. The van der Waals surface area contributed by atoms with E-state index in [4.69, 9.17) is 16.0 Å². The minimum absolute atomic E-state index is 0.174. The van der Waals surface area contributed by atoms with Crippen LogP contribution in [0, 0.1) is 0 Å². The van der Waals surface area contributed by atoms with Crippen molar-refractivity contribution in [1.82, 2.24) is 0 Å². The number of benzene rings is 3. The molecule has 0 fully saturated rings. The zero-order valence-corrected chi connectivity index (χ0v) is 13.2. The lowest BCUT2D eigenvalue weighted by atomic mass is 10.1. The van der Waals surface area contributed by atoms with Crippen LogP contribution in [0.15, 0.2) is 69.7 Å². The molecule has 0 atom stereocenters. The minimum Gasteiger partial charge on any atom is -0.399 e. The van der Waals surface area contributed by atoms with E-state index in [2.05, 4.69) is 10.2 Å². The Balaban J connectivity index is 2.05. The molecule has 0 spiro atoms. The second-order valence-corrected chi connectivity index (χ2v) is 6.57. The fourth-order valence-corrected chi connectivity index (χ4v) is 2.78. The van der Waals surface area contributed by atoms with Gasteiger partial charge in [0.1, 0.15) is 5.69 Å². The van der Waals surface area contributed by atoms with E-state index in [-0.39, 0.29) is 4.90 Å². The molecule has 0 bridgehead atoms. The van der Waals surface area contributed by atoms with E-state index in [0.29, 0.717) is 33.5 Å². The van der Waals surface area contributed by atoms with Crippen LogP contribution in [0.2, 0.25) is 0 Å². The Morgan fingerprint density at radius 2 is 1.62 bits per heavy atom. The number of rotatable bonds is 3. The third-order valence-corrected chi connectivity index (χ3v) is 4.29. The van der Waals surface area contributed by atoms with Crippen LogP contribution in [-0.2, 0) is 10.1 Å². The molecule has 0 radical (unpaired) electrons. The molecular weight excluding hydrogens is 328 g/mol. The maximum atomic E-state index is 11.2. The van der Waals surface area contributed by atoms with E-state index >= 15 is 0 Å². The Bertz CT molecular complexity index is 1060. The van der Waals surface area contributed by atoms with Crippen LogP contribution in [0.1, 0.15) is 0 Å². The number of hydrogen-bond donors (Lipinski definition) is 3. The maximum absolute atomic E-state index is 11.2. The van der Waals surface area contributed by atoms with Crippen molar-refractivity contribution < 1.29 is 13.0 Å². The molecule has 3 aromatic rings. The summed E-state index contributed by atoms with van der Waals surface area (Å²) in [6, 6.07) is 14.4. The predicted octanol–water partition coefficient (Wildman–Crippen LogP) is 3.67. The molecule has 8 heteroatoms. The summed E-state index contributed by atoms with van der Waals surface area (Å²) >= 11 is 0. The molecule has 0 aliphatic rings. The molecule has 5 N–H and O–H groups in total. The summed E-state index contributed by atoms with van der Waals surface area (Å²) < 4.78 is 31.6. The van der Waals surface area contributed by atoms with Crippen LogP contribution in [0.3, 0.4) is 0 Å². The van der Waals surface area contributed by atoms with Crippen LogP contribution in [-0.4, -0.2) is 13.0 Å². The van der Waals surface area contributed by atoms with Gasteiger partial charge >= 0.3 is 0 Å². The van der Waals surface area contributed by atoms with Crippen molar-refractivity contribution >= 4 is 43.6 Å². The quantitative estimate of drug-likeness (QED) is 0.379. The molecule has 0 heterocycles. The second kappa shape index (κ2) is 5.91. The van der Waals surface area contributed by atoms with Gasteiger partial charge in [0.2, 0.25) is 0 Å². The third-order valence-electron chi connectivity index (χ3n) is 3.44. The normalized spacial score (nSPS) is 12.0. The number of hydrogen-bond acceptors (Lipinski definition) is 6. The highest BCUT2D eigenvalue weighted by atomic mass is 32.2. The van der Waals surface area contributed by atoms with Crippen LogP contribution in [0.5, 0.6) is 0 Å². The topological polar surface area (TPSA) is 131 Å². The van der Waals surface area contributed by atoms with Gasteiger partial charge in [-0.2, -0.15) is 8.42 Å². The summed E-state index contributed by atoms with van der Waals surface area (Å²) in [5.41, 5.74) is 13.4. The van der Waals surface area contributed by atoms with Gasteiger partial charge in [-0.3, -0.25) is 4.55 Å². The lowest BCUT2D eigenvalue weighted by Gasteiger charge is -2.04. The number of nitrogen functional groups attached to an aromatic ring is 2. The van der Waals surface area contributed by atoms with Gasteiger partial charge in [0.05, 0.1) is 16.3 Å². The summed E-state index contributed by atoms with van der Waals surface area (Å²) in [5, 5.41) is 9.61. The average molecular weight is 342 g/mol. The number of nitrogens with two attached hydrogens (primary N) is 2. The van der Waals surface area contributed by atoms with Crippen LogP contribution >= 0.6 is 0 Å². The van der Waals surface area contributed by atoms with Gasteiger partial charge < -0.3 is 11.5 Å². The first kappa shape index (κ1) is 15.9. The third kappa shape index (κ3) is 3.19. The zero-order valence-electron chi connectivity index (χ0n) is 12.4. The van der Waals surface area contributed by atoms with Gasteiger partial charge in [-0.1, -0.05) is 18.2 Å². The van der Waals surface area contributed by atoms with Crippen molar-refractivity contribution in [3.63, 3.8) is 0 Å². The van der Waals surface area contributed by atoms with E-state index in [1.807, 2.05) is 0 Å². The molecule has 0 amide bonds. The molecule has 24 heavy (non-hydrogen) atoms. The summed E-state index contributed by atoms with van der Waals surface area (Å²) in [4.78, 5) is -0.174. The molecule has 3 aromatic carbocycles. The summed E-state index contributed by atoms with van der Waals surface area (Å²) in [6.45, 7) is 0. The van der Waals surface area contributed by atoms with Crippen molar-refractivity contribution in [3.05, 3.63) is 54.6 Å². The van der Waals surface area contributed by atoms with Crippen molar-refractivity contribution in [1.29, 1.82) is 0 Å². The highest BCUT2D eigenvalue weighted by molar-refractivity contribution is 7.85. The predicted molar refractivity (Wildman–Crippen MR) is 93.2 cm³/mol. The molecule has 0 aliphatic heterocycles. The molecule has 0 saturated carbocycles. The largest absolute Gasteiger partial charge is 0.399 e. The molecule has 0 aliphatic carbocycles. The van der Waals surface area contributed by atoms with Gasteiger partial charge in [-0.25, -0.2) is 0 Å². The second-order valence-electron chi connectivity index (χ2n) is 5.15. The van der Waals surface area contributed by atoms with Crippen molar-refractivity contribution in [3.8, 4) is 0 Å². The van der Waals surface area contributed by atoms with Crippen LogP contribution in [0.4, 0.5) is 22.7 Å². The molecular formula is C16H14N4O3S. The number of fused-ring (bicyclic) bond motifs is 1. The monoisotopic (exact) mass is 342 g/mol. The molecule has 0 aromatic heterocycles. The highest BCUT2D eigenvalue weighted by Crippen LogP contribution is 2.31. The maximum Gasteiger partial charge on any atom is 0.294 e. The van der Waals surface area contributed by atoms with Crippen LogP contribution in [0.25, 0.3) is 10.8 Å². The van der Waals surface area contributed by atoms with E-state index in [9.17, 15) is 8.42 Å². The smallest absolute Gasteiger partial charge is 0.294 e. The minimum atomic E-state index is -4.25. The van der Waals surface area contributed by atoms with Gasteiger partial charge in [0.25, 0.3) is 10.1 Å². The van der Waals surface area contributed by atoms with E-state index < -0.39 is 10.1 Å². The van der Waals surface area contributed by atoms with Gasteiger partial charge in [-0.15, -0.1) is 10.2 Å². The van der Waals surface area contributed by atoms with E-state index in [1.165, 1.54) is 12.1 Å². The summed E-state index contributed by atoms with van der Waals surface area (Å²) in [5.74, 6) is 0. The number of nitrogens with zero attached hydrogens (tertiary/aromatic N) is 2. The Morgan fingerprint density at radius 1 is 0.875 bits per heavy atom. The number of anilines is 2. The zero-order chi connectivity index (χ0) is 17.3.